The molecule has 2 aromatic carbocycles. The van der Waals surface area contributed by atoms with Gasteiger partial charge in [0.15, 0.2) is 0 Å². The maximum atomic E-state index is 12.3. The Morgan fingerprint density at radius 2 is 1.85 bits per heavy atom. The highest BCUT2D eigenvalue weighted by Crippen LogP contribution is 2.16. The molecular formula is C20H15N3O3. The lowest BCUT2D eigenvalue weighted by molar-refractivity contribution is 0.0946. The van der Waals surface area contributed by atoms with Crippen LogP contribution in [0.3, 0.4) is 0 Å². The van der Waals surface area contributed by atoms with E-state index in [0.717, 1.165) is 11.3 Å². The number of hydrogen-bond donors (Lipinski definition) is 2. The van der Waals surface area contributed by atoms with E-state index in [1.54, 1.807) is 24.4 Å². The SMILES string of the molecule is O=C(NCc1ncc(-c2ccccc2)[nH]1)c1cc2ccccc2oc1=O. The number of imidazole rings is 1. The van der Waals surface area contributed by atoms with Crippen LogP contribution in [0.15, 0.2) is 76.1 Å². The van der Waals surface area contributed by atoms with Crippen molar-refractivity contribution >= 4 is 16.9 Å². The quantitative estimate of drug-likeness (QED) is 0.556. The molecule has 2 heterocycles. The van der Waals surface area contributed by atoms with Gasteiger partial charge >= 0.3 is 5.63 Å². The number of carbonyl (C=O) groups excluding carboxylic acids is 1. The lowest BCUT2D eigenvalue weighted by Crippen LogP contribution is -2.28. The predicted molar refractivity (Wildman–Crippen MR) is 97.7 cm³/mol. The molecule has 0 spiro atoms. The number of aromatic amines is 1. The lowest BCUT2D eigenvalue weighted by Gasteiger charge is -2.04. The monoisotopic (exact) mass is 345 g/mol. The van der Waals surface area contributed by atoms with E-state index in [1.165, 1.54) is 6.07 Å². The van der Waals surface area contributed by atoms with E-state index in [1.807, 2.05) is 36.4 Å². The molecule has 0 bridgehead atoms. The number of H-pyrrole nitrogens is 1. The average molecular weight is 345 g/mol. The second kappa shape index (κ2) is 6.68. The summed E-state index contributed by atoms with van der Waals surface area (Å²) in [7, 11) is 0. The molecular weight excluding hydrogens is 330 g/mol. The van der Waals surface area contributed by atoms with Crippen LogP contribution < -0.4 is 10.9 Å². The van der Waals surface area contributed by atoms with Gasteiger partial charge in [-0.05, 0) is 17.7 Å². The van der Waals surface area contributed by atoms with Gasteiger partial charge in [0, 0.05) is 5.39 Å². The van der Waals surface area contributed by atoms with E-state index < -0.39 is 11.5 Å². The maximum absolute atomic E-state index is 12.3. The van der Waals surface area contributed by atoms with Gasteiger partial charge < -0.3 is 14.7 Å². The summed E-state index contributed by atoms with van der Waals surface area (Å²) >= 11 is 0. The Morgan fingerprint density at radius 1 is 1.08 bits per heavy atom. The van der Waals surface area contributed by atoms with Crippen LogP contribution in [0.5, 0.6) is 0 Å². The Hall–Kier alpha value is -3.67. The Balaban J connectivity index is 1.50. The van der Waals surface area contributed by atoms with Gasteiger partial charge in [0.25, 0.3) is 5.91 Å². The summed E-state index contributed by atoms with van der Waals surface area (Å²) in [5.41, 5.74) is 1.63. The largest absolute Gasteiger partial charge is 0.422 e. The van der Waals surface area contributed by atoms with Crippen molar-refractivity contribution in [2.24, 2.45) is 0 Å². The van der Waals surface area contributed by atoms with Gasteiger partial charge in [-0.1, -0.05) is 48.5 Å². The minimum absolute atomic E-state index is 0.0291. The molecule has 2 aromatic heterocycles. The molecule has 0 aliphatic heterocycles. The first-order valence-electron chi connectivity index (χ1n) is 8.11. The summed E-state index contributed by atoms with van der Waals surface area (Å²) in [4.78, 5) is 31.8. The van der Waals surface area contributed by atoms with Crippen molar-refractivity contribution in [3.05, 3.63) is 88.7 Å². The topological polar surface area (TPSA) is 88.0 Å². The zero-order chi connectivity index (χ0) is 17.9. The van der Waals surface area contributed by atoms with Gasteiger partial charge in [-0.3, -0.25) is 4.79 Å². The predicted octanol–water partition coefficient (Wildman–Crippen LogP) is 3.11. The summed E-state index contributed by atoms with van der Waals surface area (Å²) in [5.74, 6) is 0.101. The van der Waals surface area contributed by atoms with Crippen LogP contribution in [-0.4, -0.2) is 15.9 Å². The van der Waals surface area contributed by atoms with E-state index in [2.05, 4.69) is 15.3 Å². The molecule has 2 N–H and O–H groups in total. The fraction of sp³-hybridized carbons (Fsp3) is 0.0500. The normalized spacial score (nSPS) is 10.8. The zero-order valence-electron chi connectivity index (χ0n) is 13.7. The van der Waals surface area contributed by atoms with Crippen molar-refractivity contribution in [1.82, 2.24) is 15.3 Å². The molecule has 0 saturated carbocycles. The number of fused-ring (bicyclic) bond motifs is 1. The third kappa shape index (κ3) is 3.12. The van der Waals surface area contributed by atoms with Crippen molar-refractivity contribution in [1.29, 1.82) is 0 Å². The van der Waals surface area contributed by atoms with Crippen molar-refractivity contribution in [2.45, 2.75) is 6.54 Å². The number of nitrogens with zero attached hydrogens (tertiary/aromatic N) is 1. The maximum Gasteiger partial charge on any atom is 0.349 e. The van der Waals surface area contributed by atoms with Crippen LogP contribution in [0.2, 0.25) is 0 Å². The second-order valence-electron chi connectivity index (χ2n) is 5.78. The van der Waals surface area contributed by atoms with Crippen LogP contribution >= 0.6 is 0 Å². The molecule has 6 nitrogen and oxygen atoms in total. The Labute approximate surface area is 148 Å². The highest BCUT2D eigenvalue weighted by molar-refractivity contribution is 5.96. The summed E-state index contributed by atoms with van der Waals surface area (Å²) in [6.07, 6.45) is 1.71. The molecule has 0 radical (unpaired) electrons. The number of benzene rings is 2. The van der Waals surface area contributed by atoms with Crippen molar-refractivity contribution in [2.75, 3.05) is 0 Å². The van der Waals surface area contributed by atoms with Gasteiger partial charge in [-0.15, -0.1) is 0 Å². The standard InChI is InChI=1S/C20H15N3O3/c24-19(15-10-14-8-4-5-9-17(14)26-20(15)25)22-12-18-21-11-16(23-18)13-6-2-1-3-7-13/h1-11H,12H2,(H,21,23)(H,22,24). The van der Waals surface area contributed by atoms with Crippen LogP contribution in [0.4, 0.5) is 0 Å². The summed E-state index contributed by atoms with van der Waals surface area (Å²) in [6, 6.07) is 18.4. The molecule has 26 heavy (non-hydrogen) atoms. The number of carbonyl (C=O) groups is 1. The first-order valence-corrected chi connectivity index (χ1v) is 8.11. The molecule has 4 aromatic rings. The molecule has 6 heteroatoms. The van der Waals surface area contributed by atoms with Crippen LogP contribution in [-0.2, 0) is 6.54 Å². The first kappa shape index (κ1) is 15.8. The average Bonchev–Trinajstić information content (AvgIpc) is 3.15. The first-order chi connectivity index (χ1) is 12.7. The number of rotatable bonds is 4. The van der Waals surface area contributed by atoms with Crippen molar-refractivity contribution in [3.63, 3.8) is 0 Å². The molecule has 0 unspecified atom stereocenters. The number of aromatic nitrogens is 2. The fourth-order valence-corrected chi connectivity index (χ4v) is 2.70. The van der Waals surface area contributed by atoms with Gasteiger partial charge in [-0.2, -0.15) is 0 Å². The third-order valence-corrected chi connectivity index (χ3v) is 4.02. The van der Waals surface area contributed by atoms with E-state index >= 15 is 0 Å². The number of hydrogen-bond acceptors (Lipinski definition) is 4. The molecule has 0 fully saturated rings. The van der Waals surface area contributed by atoms with Gasteiger partial charge in [0.2, 0.25) is 0 Å². The summed E-state index contributed by atoms with van der Waals surface area (Å²) in [6.45, 7) is 0.179. The van der Waals surface area contributed by atoms with Gasteiger partial charge in [-0.25, -0.2) is 9.78 Å². The Morgan fingerprint density at radius 3 is 2.69 bits per heavy atom. The lowest BCUT2D eigenvalue weighted by atomic mass is 10.2. The van der Waals surface area contributed by atoms with Gasteiger partial charge in [0.05, 0.1) is 18.4 Å². The molecule has 0 saturated heterocycles. The van der Waals surface area contributed by atoms with E-state index in [-0.39, 0.29) is 12.1 Å². The smallest absolute Gasteiger partial charge is 0.349 e. The summed E-state index contributed by atoms with van der Waals surface area (Å²) < 4.78 is 5.19. The van der Waals surface area contributed by atoms with E-state index in [4.69, 9.17) is 4.42 Å². The molecule has 0 aliphatic carbocycles. The van der Waals surface area contributed by atoms with E-state index in [0.29, 0.717) is 16.8 Å². The summed E-state index contributed by atoms with van der Waals surface area (Å²) in [5, 5.41) is 3.39. The third-order valence-electron chi connectivity index (χ3n) is 4.02. The van der Waals surface area contributed by atoms with Crippen LogP contribution in [0.25, 0.3) is 22.2 Å². The molecule has 128 valence electrons. The highest BCUT2D eigenvalue weighted by atomic mass is 16.4. The minimum Gasteiger partial charge on any atom is -0.422 e. The van der Waals surface area contributed by atoms with Crippen molar-refractivity contribution < 1.29 is 9.21 Å². The zero-order valence-corrected chi connectivity index (χ0v) is 13.7. The fourth-order valence-electron chi connectivity index (χ4n) is 2.70. The van der Waals surface area contributed by atoms with Gasteiger partial charge in [0.1, 0.15) is 17.0 Å². The minimum atomic E-state index is -0.661. The molecule has 1 amide bonds. The van der Waals surface area contributed by atoms with Crippen LogP contribution in [0, 0.1) is 0 Å². The molecule has 4 rings (SSSR count). The molecule has 0 atom stereocenters. The molecule has 0 aliphatic rings. The Kier molecular flexibility index (Phi) is 4.07. The number of amides is 1. The number of nitrogens with one attached hydrogen (secondary N) is 2. The van der Waals surface area contributed by atoms with Crippen LogP contribution in [0.1, 0.15) is 16.2 Å². The Bertz CT molecular complexity index is 1130. The highest BCUT2D eigenvalue weighted by Gasteiger charge is 2.14. The van der Waals surface area contributed by atoms with E-state index in [9.17, 15) is 9.59 Å². The van der Waals surface area contributed by atoms with Crippen molar-refractivity contribution in [3.8, 4) is 11.3 Å². The number of para-hydroxylation sites is 1. The second-order valence-corrected chi connectivity index (χ2v) is 5.78.